The predicted molar refractivity (Wildman–Crippen MR) is 107 cm³/mol. The molecule has 2 aliphatic rings. The fourth-order valence-corrected chi connectivity index (χ4v) is 4.89. The normalized spacial score (nSPS) is 23.4. The standard InChI is InChI=1S/C23H23FN2O3/c1-28-22(27)23(13-16-6-4-5-11-29-16)14-26-20-8-3-2-7-19(20)25-21(26)17-10-9-15(24)12-18(17)23/h2-3,7-10,12,16H,4-6,11,13-14H2,1H3. The van der Waals surface area contributed by atoms with Crippen molar-refractivity contribution in [2.45, 2.75) is 43.7 Å². The molecule has 0 bridgehead atoms. The highest BCUT2D eigenvalue weighted by atomic mass is 19.1. The van der Waals surface area contributed by atoms with Gasteiger partial charge in [0.2, 0.25) is 0 Å². The minimum atomic E-state index is -1.02. The van der Waals surface area contributed by atoms with Gasteiger partial charge < -0.3 is 14.0 Å². The third kappa shape index (κ3) is 2.85. The van der Waals surface area contributed by atoms with E-state index in [2.05, 4.69) is 4.57 Å². The SMILES string of the molecule is COC(=O)C1(CC2CCCCO2)Cn2c(nc3ccccc32)-c2ccc(F)cc21. The van der Waals surface area contributed by atoms with E-state index in [1.807, 2.05) is 24.3 Å². The van der Waals surface area contributed by atoms with E-state index in [0.717, 1.165) is 41.7 Å². The number of ether oxygens (including phenoxy) is 2. The molecule has 0 aliphatic carbocycles. The van der Waals surface area contributed by atoms with E-state index in [1.54, 1.807) is 6.07 Å². The number of imidazole rings is 1. The minimum Gasteiger partial charge on any atom is -0.468 e. The van der Waals surface area contributed by atoms with Crippen molar-refractivity contribution in [2.24, 2.45) is 0 Å². The van der Waals surface area contributed by atoms with Gasteiger partial charge in [0.1, 0.15) is 17.1 Å². The van der Waals surface area contributed by atoms with Gasteiger partial charge in [-0.1, -0.05) is 12.1 Å². The van der Waals surface area contributed by atoms with Gasteiger partial charge >= 0.3 is 5.97 Å². The molecule has 5 nitrogen and oxygen atoms in total. The van der Waals surface area contributed by atoms with Gasteiger partial charge in [0.25, 0.3) is 0 Å². The van der Waals surface area contributed by atoms with Crippen LogP contribution in [0.5, 0.6) is 0 Å². The van der Waals surface area contributed by atoms with Crippen molar-refractivity contribution in [2.75, 3.05) is 13.7 Å². The summed E-state index contributed by atoms with van der Waals surface area (Å²) in [5.41, 5.74) is 2.20. The molecule has 5 rings (SSSR count). The molecule has 0 spiro atoms. The molecule has 0 radical (unpaired) electrons. The molecule has 150 valence electrons. The number of carbonyl (C=O) groups excluding carboxylic acids is 1. The van der Waals surface area contributed by atoms with Crippen molar-refractivity contribution in [3.8, 4) is 11.4 Å². The molecule has 2 aliphatic heterocycles. The van der Waals surface area contributed by atoms with Crippen molar-refractivity contribution >= 4 is 17.0 Å². The van der Waals surface area contributed by atoms with Gasteiger partial charge in [-0.3, -0.25) is 4.79 Å². The van der Waals surface area contributed by atoms with Crippen molar-refractivity contribution in [1.29, 1.82) is 0 Å². The average Bonchev–Trinajstić information content (AvgIpc) is 3.12. The number of benzene rings is 2. The summed E-state index contributed by atoms with van der Waals surface area (Å²) in [6.07, 6.45) is 3.39. The molecule has 2 aromatic carbocycles. The van der Waals surface area contributed by atoms with E-state index in [4.69, 9.17) is 14.5 Å². The predicted octanol–water partition coefficient (Wildman–Crippen LogP) is 4.23. The van der Waals surface area contributed by atoms with Gasteiger partial charge in [-0.15, -0.1) is 0 Å². The number of halogens is 1. The number of para-hydroxylation sites is 2. The van der Waals surface area contributed by atoms with Crippen LogP contribution in [0.4, 0.5) is 4.39 Å². The maximum Gasteiger partial charge on any atom is 0.318 e. The lowest BCUT2D eigenvalue weighted by Crippen LogP contribution is -2.47. The van der Waals surface area contributed by atoms with Gasteiger partial charge in [-0.2, -0.15) is 0 Å². The van der Waals surface area contributed by atoms with Crippen LogP contribution < -0.4 is 0 Å². The van der Waals surface area contributed by atoms with Gasteiger partial charge in [0.15, 0.2) is 0 Å². The second-order valence-electron chi connectivity index (χ2n) is 7.97. The summed E-state index contributed by atoms with van der Waals surface area (Å²) in [5, 5.41) is 0. The maximum absolute atomic E-state index is 14.4. The monoisotopic (exact) mass is 394 g/mol. The van der Waals surface area contributed by atoms with Gasteiger partial charge in [0, 0.05) is 18.7 Å². The lowest BCUT2D eigenvalue weighted by Gasteiger charge is -2.40. The quantitative estimate of drug-likeness (QED) is 0.624. The van der Waals surface area contributed by atoms with Crippen LogP contribution in [0.15, 0.2) is 42.5 Å². The van der Waals surface area contributed by atoms with Crippen LogP contribution in [0.25, 0.3) is 22.4 Å². The Morgan fingerprint density at radius 2 is 2.17 bits per heavy atom. The molecule has 1 fully saturated rings. The van der Waals surface area contributed by atoms with E-state index < -0.39 is 5.41 Å². The molecule has 29 heavy (non-hydrogen) atoms. The fourth-order valence-electron chi connectivity index (χ4n) is 4.89. The molecule has 1 aromatic heterocycles. The lowest BCUT2D eigenvalue weighted by atomic mass is 9.71. The van der Waals surface area contributed by atoms with Crippen LogP contribution in [-0.4, -0.2) is 35.3 Å². The summed E-state index contributed by atoms with van der Waals surface area (Å²) in [6.45, 7) is 1.04. The number of hydrogen-bond donors (Lipinski definition) is 0. The number of carbonyl (C=O) groups is 1. The van der Waals surface area contributed by atoms with Crippen LogP contribution in [0.2, 0.25) is 0 Å². The zero-order chi connectivity index (χ0) is 20.0. The first-order valence-corrected chi connectivity index (χ1v) is 10.1. The van der Waals surface area contributed by atoms with Crippen molar-refractivity contribution in [3.63, 3.8) is 0 Å². The summed E-state index contributed by atoms with van der Waals surface area (Å²) >= 11 is 0. The smallest absolute Gasteiger partial charge is 0.318 e. The Morgan fingerprint density at radius 3 is 2.97 bits per heavy atom. The van der Waals surface area contributed by atoms with Crippen molar-refractivity contribution in [3.05, 3.63) is 53.8 Å². The molecule has 3 heterocycles. The molecule has 0 N–H and O–H groups in total. The third-order valence-corrected chi connectivity index (χ3v) is 6.25. The average molecular weight is 394 g/mol. The molecule has 3 aromatic rings. The van der Waals surface area contributed by atoms with Crippen molar-refractivity contribution in [1.82, 2.24) is 9.55 Å². The van der Waals surface area contributed by atoms with Gasteiger partial charge in [0.05, 0.1) is 24.2 Å². The molecule has 1 saturated heterocycles. The number of esters is 1. The van der Waals surface area contributed by atoms with Crippen LogP contribution >= 0.6 is 0 Å². The summed E-state index contributed by atoms with van der Waals surface area (Å²) in [7, 11) is 1.40. The second-order valence-corrected chi connectivity index (χ2v) is 7.97. The number of rotatable bonds is 3. The number of nitrogens with zero attached hydrogens (tertiary/aromatic N) is 2. The number of methoxy groups -OCH3 is 1. The topological polar surface area (TPSA) is 53.4 Å². The van der Waals surface area contributed by atoms with Crippen molar-refractivity contribution < 1.29 is 18.7 Å². The largest absolute Gasteiger partial charge is 0.468 e. The number of aromatic nitrogens is 2. The molecule has 0 saturated carbocycles. The first kappa shape index (κ1) is 18.3. The number of fused-ring (bicyclic) bond motifs is 5. The Bertz CT molecular complexity index is 1090. The number of hydrogen-bond acceptors (Lipinski definition) is 4. The molecule has 6 heteroatoms. The lowest BCUT2D eigenvalue weighted by molar-refractivity contribution is -0.151. The van der Waals surface area contributed by atoms with E-state index in [-0.39, 0.29) is 17.9 Å². The summed E-state index contributed by atoms with van der Waals surface area (Å²) in [4.78, 5) is 18.0. The van der Waals surface area contributed by atoms with Crippen LogP contribution in [-0.2, 0) is 26.2 Å². The first-order valence-electron chi connectivity index (χ1n) is 10.1. The highest BCUT2D eigenvalue weighted by Gasteiger charge is 2.49. The fraction of sp³-hybridized carbons (Fsp3) is 0.391. The molecule has 2 unspecified atom stereocenters. The van der Waals surface area contributed by atoms with Crippen LogP contribution in [0.1, 0.15) is 31.2 Å². The Hall–Kier alpha value is -2.73. The highest BCUT2D eigenvalue weighted by Crippen LogP contribution is 2.46. The first-order chi connectivity index (χ1) is 14.1. The summed E-state index contributed by atoms with van der Waals surface area (Å²) in [6, 6.07) is 12.5. The van der Waals surface area contributed by atoms with E-state index in [0.29, 0.717) is 25.1 Å². The highest BCUT2D eigenvalue weighted by molar-refractivity contribution is 5.90. The van der Waals surface area contributed by atoms with E-state index in [9.17, 15) is 9.18 Å². The second kappa shape index (κ2) is 6.95. The minimum absolute atomic E-state index is 0.0599. The molecule has 0 amide bonds. The maximum atomic E-state index is 14.4. The Labute approximate surface area is 168 Å². The zero-order valence-electron chi connectivity index (χ0n) is 16.4. The molecular weight excluding hydrogens is 371 g/mol. The van der Waals surface area contributed by atoms with Gasteiger partial charge in [-0.05, 0) is 61.6 Å². The molecule has 2 atom stereocenters. The molecular formula is C23H23FN2O3. The van der Waals surface area contributed by atoms with Crippen LogP contribution in [0, 0.1) is 5.82 Å². The van der Waals surface area contributed by atoms with Gasteiger partial charge in [-0.25, -0.2) is 9.37 Å². The summed E-state index contributed by atoms with van der Waals surface area (Å²) in [5.74, 6) is 0.0263. The third-order valence-electron chi connectivity index (χ3n) is 6.25. The zero-order valence-corrected chi connectivity index (χ0v) is 16.4. The van der Waals surface area contributed by atoms with E-state index >= 15 is 0 Å². The summed E-state index contributed by atoms with van der Waals surface area (Å²) < 4.78 is 27.7. The van der Waals surface area contributed by atoms with Crippen LogP contribution in [0.3, 0.4) is 0 Å². The van der Waals surface area contributed by atoms with E-state index in [1.165, 1.54) is 19.2 Å². The Balaban J connectivity index is 1.74. The Kier molecular flexibility index (Phi) is 4.39. The Morgan fingerprint density at radius 1 is 1.31 bits per heavy atom.